The van der Waals surface area contributed by atoms with Crippen LogP contribution in [0.2, 0.25) is 0 Å². The Bertz CT molecular complexity index is 1340. The van der Waals surface area contributed by atoms with Gasteiger partial charge in [0, 0.05) is 23.4 Å². The normalized spacial score (nSPS) is 18.2. The molecule has 0 fully saturated rings. The lowest BCUT2D eigenvalue weighted by atomic mass is 9.84. The van der Waals surface area contributed by atoms with Crippen molar-refractivity contribution in [3.05, 3.63) is 52.4 Å². The van der Waals surface area contributed by atoms with Gasteiger partial charge < -0.3 is 19.1 Å². The number of pyridine rings is 1. The number of benzene rings is 1. The highest BCUT2D eigenvalue weighted by Gasteiger charge is 2.45. The zero-order chi connectivity index (χ0) is 23.0. The molecule has 5 rings (SSSR count). The molecule has 32 heavy (non-hydrogen) atoms. The molecule has 2 aliphatic heterocycles. The highest BCUT2D eigenvalue weighted by atomic mass is 19.3. The first-order valence-electron chi connectivity index (χ1n) is 9.91. The van der Waals surface area contributed by atoms with Gasteiger partial charge in [-0.3, -0.25) is 9.48 Å². The molecule has 0 radical (unpaired) electrons. The number of para-hydroxylation sites is 1. The van der Waals surface area contributed by atoms with Crippen molar-refractivity contribution in [2.75, 3.05) is 0 Å². The summed E-state index contributed by atoms with van der Waals surface area (Å²) in [5, 5.41) is 13.9. The predicted molar refractivity (Wildman–Crippen MR) is 109 cm³/mol. The topological polar surface area (TPSA) is 95.6 Å². The van der Waals surface area contributed by atoms with Crippen LogP contribution in [0.15, 0.2) is 41.5 Å². The number of ether oxygens (including phenoxy) is 2. The number of halogens is 2. The van der Waals surface area contributed by atoms with Crippen LogP contribution >= 0.6 is 0 Å². The third kappa shape index (κ3) is 2.97. The molecule has 0 saturated carbocycles. The number of rotatable bonds is 2. The summed E-state index contributed by atoms with van der Waals surface area (Å²) in [6, 6.07) is 5.59. The highest BCUT2D eigenvalue weighted by Crippen LogP contribution is 2.50. The van der Waals surface area contributed by atoms with Crippen LogP contribution in [0.5, 0.6) is 11.5 Å². The number of aromatic nitrogens is 3. The Morgan fingerprint density at radius 3 is 2.69 bits per heavy atom. The average molecular weight is 443 g/mol. The number of aromatic carboxylic acids is 1. The molecule has 0 saturated heterocycles. The largest absolute Gasteiger partial charge is 0.586 e. The van der Waals surface area contributed by atoms with Crippen molar-refractivity contribution in [2.24, 2.45) is 5.41 Å². The highest BCUT2D eigenvalue weighted by molar-refractivity contribution is 5.89. The summed E-state index contributed by atoms with van der Waals surface area (Å²) in [6.45, 7) is 6.42. The molecule has 2 aromatic heterocycles. The molecular formula is C22H19F2N3O5. The van der Waals surface area contributed by atoms with E-state index in [1.54, 1.807) is 21.4 Å². The van der Waals surface area contributed by atoms with Crippen molar-refractivity contribution >= 4 is 5.97 Å². The van der Waals surface area contributed by atoms with E-state index >= 15 is 0 Å². The van der Waals surface area contributed by atoms with E-state index in [9.17, 15) is 23.5 Å². The number of nitrogens with zero attached hydrogens (tertiary/aromatic N) is 3. The van der Waals surface area contributed by atoms with Crippen molar-refractivity contribution in [3.8, 4) is 34.0 Å². The Hall–Kier alpha value is -3.69. The Kier molecular flexibility index (Phi) is 4.05. The average Bonchev–Trinajstić information content (AvgIpc) is 3.24. The molecule has 0 spiro atoms. The van der Waals surface area contributed by atoms with Crippen LogP contribution < -0.4 is 14.9 Å². The summed E-state index contributed by atoms with van der Waals surface area (Å²) in [7, 11) is 0. The Morgan fingerprint density at radius 2 is 2.00 bits per heavy atom. The molecular weight excluding hydrogens is 424 g/mol. The maximum absolute atomic E-state index is 13.7. The van der Waals surface area contributed by atoms with Gasteiger partial charge in [0.15, 0.2) is 16.9 Å². The van der Waals surface area contributed by atoms with E-state index in [0.29, 0.717) is 29.1 Å². The molecule has 8 nitrogen and oxygen atoms in total. The van der Waals surface area contributed by atoms with Crippen molar-refractivity contribution in [1.82, 2.24) is 14.3 Å². The van der Waals surface area contributed by atoms with Crippen LogP contribution in [-0.2, 0) is 6.54 Å². The molecule has 10 heteroatoms. The molecule has 0 unspecified atom stereocenters. The summed E-state index contributed by atoms with van der Waals surface area (Å²) < 4.78 is 40.2. The van der Waals surface area contributed by atoms with Gasteiger partial charge in [-0.25, -0.2) is 4.79 Å². The predicted octanol–water partition coefficient (Wildman–Crippen LogP) is 4.00. The molecule has 0 bridgehead atoms. The SMILES string of the molecule is CC(C)(C)[C@@H]1Cn2ncc(-c3cccc4c3OC(F)(F)O4)c2-c2cc(=O)c(C(=O)O)cn21. The molecule has 4 heterocycles. The second-order valence-electron chi connectivity index (χ2n) is 8.92. The minimum absolute atomic E-state index is 0.102. The van der Waals surface area contributed by atoms with E-state index in [1.165, 1.54) is 24.5 Å². The van der Waals surface area contributed by atoms with Gasteiger partial charge in [0.05, 0.1) is 30.2 Å². The van der Waals surface area contributed by atoms with Gasteiger partial charge in [0.2, 0.25) is 0 Å². The summed E-state index contributed by atoms with van der Waals surface area (Å²) in [4.78, 5) is 24.2. The van der Waals surface area contributed by atoms with Gasteiger partial charge in [0.25, 0.3) is 0 Å². The van der Waals surface area contributed by atoms with Gasteiger partial charge in [-0.05, 0) is 11.5 Å². The first-order chi connectivity index (χ1) is 15.0. The molecule has 0 aliphatic carbocycles. The number of carbonyl (C=O) groups is 1. The van der Waals surface area contributed by atoms with E-state index in [-0.39, 0.29) is 28.5 Å². The van der Waals surface area contributed by atoms with Crippen LogP contribution in [0.3, 0.4) is 0 Å². The van der Waals surface area contributed by atoms with Crippen LogP contribution in [0.1, 0.15) is 37.2 Å². The Morgan fingerprint density at radius 1 is 1.25 bits per heavy atom. The maximum atomic E-state index is 13.7. The molecule has 2 aliphatic rings. The maximum Gasteiger partial charge on any atom is 0.586 e. The number of hydrogen-bond donors (Lipinski definition) is 1. The fourth-order valence-electron chi connectivity index (χ4n) is 4.27. The minimum atomic E-state index is -3.78. The van der Waals surface area contributed by atoms with Gasteiger partial charge >= 0.3 is 12.3 Å². The lowest BCUT2D eigenvalue weighted by Crippen LogP contribution is -2.35. The van der Waals surface area contributed by atoms with Crippen LogP contribution in [-0.4, -0.2) is 31.7 Å². The lowest BCUT2D eigenvalue weighted by molar-refractivity contribution is -0.286. The zero-order valence-corrected chi connectivity index (χ0v) is 17.4. The summed E-state index contributed by atoms with van der Waals surface area (Å²) in [5.41, 5.74) is 0.462. The fraction of sp³-hybridized carbons (Fsp3) is 0.318. The molecule has 0 amide bonds. The second kappa shape index (κ2) is 6.41. The van der Waals surface area contributed by atoms with Crippen LogP contribution in [0.25, 0.3) is 22.5 Å². The third-order valence-corrected chi connectivity index (χ3v) is 5.79. The molecule has 166 valence electrons. The number of alkyl halides is 2. The number of carboxylic acids is 1. The van der Waals surface area contributed by atoms with Crippen LogP contribution in [0.4, 0.5) is 8.78 Å². The summed E-state index contributed by atoms with van der Waals surface area (Å²) >= 11 is 0. The number of hydrogen-bond acceptors (Lipinski definition) is 5. The molecule has 1 aromatic carbocycles. The summed E-state index contributed by atoms with van der Waals surface area (Å²) in [5.74, 6) is -1.54. The Labute approximate surface area is 180 Å². The first-order valence-corrected chi connectivity index (χ1v) is 9.91. The third-order valence-electron chi connectivity index (χ3n) is 5.79. The lowest BCUT2D eigenvalue weighted by Gasteiger charge is -2.38. The van der Waals surface area contributed by atoms with Crippen molar-refractivity contribution < 1.29 is 28.2 Å². The van der Waals surface area contributed by atoms with Crippen LogP contribution in [0, 0.1) is 5.41 Å². The van der Waals surface area contributed by atoms with Gasteiger partial charge in [-0.15, -0.1) is 8.78 Å². The standard InChI is InChI=1S/C22H19F2N3O5/c1-21(2,3)17-10-27-18(14-7-15(28)13(20(29)30)9-26(14)17)12(8-25-27)11-5-4-6-16-19(11)32-22(23,24)31-16/h4-9,17H,10H2,1-3H3,(H,29,30)/t17-/m0/s1. The van der Waals surface area contributed by atoms with Gasteiger partial charge in [-0.1, -0.05) is 32.9 Å². The van der Waals surface area contributed by atoms with E-state index < -0.39 is 17.7 Å². The molecule has 1 atom stereocenters. The fourth-order valence-corrected chi connectivity index (χ4v) is 4.27. The van der Waals surface area contributed by atoms with E-state index in [2.05, 4.69) is 9.84 Å². The minimum Gasteiger partial charge on any atom is -0.477 e. The molecule has 1 N–H and O–H groups in total. The quantitative estimate of drug-likeness (QED) is 0.643. The monoisotopic (exact) mass is 443 g/mol. The van der Waals surface area contributed by atoms with E-state index in [1.807, 2.05) is 20.8 Å². The van der Waals surface area contributed by atoms with Crippen molar-refractivity contribution in [2.45, 2.75) is 39.7 Å². The van der Waals surface area contributed by atoms with E-state index in [0.717, 1.165) is 0 Å². The smallest absolute Gasteiger partial charge is 0.477 e. The van der Waals surface area contributed by atoms with E-state index in [4.69, 9.17) is 4.74 Å². The Balaban J connectivity index is 1.76. The first kappa shape index (κ1) is 20.2. The van der Waals surface area contributed by atoms with Gasteiger partial charge in [0.1, 0.15) is 5.56 Å². The second-order valence-corrected chi connectivity index (χ2v) is 8.92. The molecule has 3 aromatic rings. The number of fused-ring (bicyclic) bond motifs is 4. The van der Waals surface area contributed by atoms with Crippen molar-refractivity contribution in [1.29, 1.82) is 0 Å². The number of carboxylic acid groups (broad SMARTS) is 1. The zero-order valence-electron chi connectivity index (χ0n) is 17.4. The summed E-state index contributed by atoms with van der Waals surface area (Å²) in [6.07, 6.45) is -0.913. The van der Waals surface area contributed by atoms with Crippen molar-refractivity contribution in [3.63, 3.8) is 0 Å². The van der Waals surface area contributed by atoms with Gasteiger partial charge in [-0.2, -0.15) is 5.10 Å².